The minimum absolute atomic E-state index is 0.0345. The van der Waals surface area contributed by atoms with Gasteiger partial charge in [-0.15, -0.1) is 0 Å². The molecule has 1 atom stereocenters. The number of carbonyl (C=O) groups excluding carboxylic acids is 2. The summed E-state index contributed by atoms with van der Waals surface area (Å²) in [6, 6.07) is 13.9. The summed E-state index contributed by atoms with van der Waals surface area (Å²) < 4.78 is 46.6. The summed E-state index contributed by atoms with van der Waals surface area (Å²) in [5.41, 5.74) is -1.80. The van der Waals surface area contributed by atoms with Crippen LogP contribution in [0.25, 0.3) is 0 Å². The third-order valence-electron chi connectivity index (χ3n) is 10.2. The Bertz CT molecular complexity index is 1970. The number of amides is 3. The van der Waals surface area contributed by atoms with Crippen molar-refractivity contribution in [3.8, 4) is 23.4 Å². The van der Waals surface area contributed by atoms with Gasteiger partial charge in [0.1, 0.15) is 16.4 Å². The fraction of sp³-hybridized carbons (Fsp3) is 0.459. The number of benzene rings is 2. The van der Waals surface area contributed by atoms with E-state index in [9.17, 15) is 18.5 Å². The van der Waals surface area contributed by atoms with E-state index in [0.717, 1.165) is 39.0 Å². The van der Waals surface area contributed by atoms with E-state index in [4.69, 9.17) is 14.2 Å². The fourth-order valence-corrected chi connectivity index (χ4v) is 9.06. The van der Waals surface area contributed by atoms with Crippen molar-refractivity contribution in [3.05, 3.63) is 71.4 Å². The van der Waals surface area contributed by atoms with E-state index in [1.807, 2.05) is 0 Å². The summed E-state index contributed by atoms with van der Waals surface area (Å²) in [4.78, 5) is 40.3. The number of aromatic nitrogens is 1. The Hall–Kier alpha value is -4.91. The fourth-order valence-electron chi connectivity index (χ4n) is 7.45. The summed E-state index contributed by atoms with van der Waals surface area (Å²) in [6.45, 7) is 11.2. The van der Waals surface area contributed by atoms with Gasteiger partial charge in [0.15, 0.2) is 5.54 Å². The van der Waals surface area contributed by atoms with Gasteiger partial charge in [0.05, 0.1) is 43.7 Å². The quantitative estimate of drug-likeness (QED) is 0.325. The van der Waals surface area contributed by atoms with Crippen molar-refractivity contribution in [2.75, 3.05) is 64.4 Å². The molecule has 2 aromatic carbocycles. The zero-order valence-electron chi connectivity index (χ0n) is 30.2. The van der Waals surface area contributed by atoms with E-state index in [2.05, 4.69) is 40.0 Å². The van der Waals surface area contributed by atoms with Gasteiger partial charge in [0.25, 0.3) is 15.9 Å². The highest BCUT2D eigenvalue weighted by molar-refractivity contribution is 7.93. The zero-order valence-corrected chi connectivity index (χ0v) is 31.0. The van der Waals surface area contributed by atoms with Crippen LogP contribution in [-0.4, -0.2) is 112 Å². The van der Waals surface area contributed by atoms with Gasteiger partial charge in [-0.3, -0.25) is 14.6 Å². The normalized spacial score (nSPS) is 20.1. The third kappa shape index (κ3) is 6.50. The number of urea groups is 1. The second kappa shape index (κ2) is 15.0. The lowest BCUT2D eigenvalue weighted by molar-refractivity contribution is -0.121. The molecule has 0 bridgehead atoms. The van der Waals surface area contributed by atoms with Crippen LogP contribution in [0, 0.1) is 11.3 Å². The first-order chi connectivity index (χ1) is 25.0. The molecular weight excluding hydrogens is 687 g/mol. The van der Waals surface area contributed by atoms with Gasteiger partial charge < -0.3 is 24.4 Å². The standard InChI is InChI=1S/C37H45N7O7S/c1-6-51-34-29(8-7-15-39-34)37(40-36(46)43-16-13-27(14-17-43)42-20-18-41(19-21-42)25(2)3)30-22-26(24-38)9-11-31(30)44(35(37)45)52(47,48)33-12-10-28(49-4)23-32(33)50-5/h7-12,15,22-23,25,27H,6,13-14,16-21H2,1-5H3,(H,40,46). The molecule has 15 heteroatoms. The van der Waals surface area contributed by atoms with Crippen LogP contribution in [0.5, 0.6) is 17.4 Å². The number of piperazine rings is 1. The molecular formula is C37H45N7O7S. The lowest BCUT2D eigenvalue weighted by atomic mass is 9.83. The number of fused-ring (bicyclic) bond motifs is 1. The predicted octanol–water partition coefficient (Wildman–Crippen LogP) is 3.55. The van der Waals surface area contributed by atoms with Gasteiger partial charge in [-0.25, -0.2) is 18.2 Å². The molecule has 1 aromatic heterocycles. The summed E-state index contributed by atoms with van der Waals surface area (Å²) in [5, 5.41) is 12.9. The average Bonchev–Trinajstić information content (AvgIpc) is 3.42. The zero-order chi connectivity index (χ0) is 37.2. The number of sulfonamides is 1. The number of nitrogens with zero attached hydrogens (tertiary/aromatic N) is 6. The number of rotatable bonds is 10. The number of pyridine rings is 1. The van der Waals surface area contributed by atoms with Gasteiger partial charge in [0, 0.05) is 69.2 Å². The average molecular weight is 732 g/mol. The van der Waals surface area contributed by atoms with Crippen LogP contribution in [0.1, 0.15) is 50.3 Å². The van der Waals surface area contributed by atoms with Crippen molar-refractivity contribution in [2.24, 2.45) is 0 Å². The van der Waals surface area contributed by atoms with E-state index in [0.29, 0.717) is 35.2 Å². The Kier molecular flexibility index (Phi) is 10.6. The van der Waals surface area contributed by atoms with Gasteiger partial charge >= 0.3 is 6.03 Å². The molecule has 3 aliphatic rings. The van der Waals surface area contributed by atoms with Gasteiger partial charge in [0.2, 0.25) is 5.88 Å². The molecule has 2 fully saturated rings. The number of nitrogens with one attached hydrogen (secondary N) is 1. The highest BCUT2D eigenvalue weighted by Gasteiger charge is 2.59. The number of ether oxygens (including phenoxy) is 3. The molecule has 52 heavy (non-hydrogen) atoms. The number of piperidine rings is 1. The molecule has 4 heterocycles. The molecule has 3 amide bonds. The number of hydrogen-bond acceptors (Lipinski definition) is 11. The van der Waals surface area contributed by atoms with Crippen molar-refractivity contribution < 1.29 is 32.2 Å². The number of methoxy groups -OCH3 is 2. The lowest BCUT2D eigenvalue weighted by Gasteiger charge is -2.44. The largest absolute Gasteiger partial charge is 0.497 e. The Morgan fingerprint density at radius 2 is 1.75 bits per heavy atom. The van der Waals surface area contributed by atoms with E-state index in [-0.39, 0.29) is 45.5 Å². The van der Waals surface area contributed by atoms with E-state index >= 15 is 4.79 Å². The van der Waals surface area contributed by atoms with Crippen molar-refractivity contribution >= 4 is 27.6 Å². The Balaban J connectivity index is 1.41. The van der Waals surface area contributed by atoms with E-state index < -0.39 is 27.5 Å². The maximum atomic E-state index is 15.2. The van der Waals surface area contributed by atoms with E-state index in [1.54, 1.807) is 24.0 Å². The maximum Gasteiger partial charge on any atom is 0.318 e. The summed E-state index contributed by atoms with van der Waals surface area (Å²) in [5.74, 6) is -0.653. The number of carbonyl (C=O) groups is 2. The Morgan fingerprint density at radius 3 is 2.38 bits per heavy atom. The summed E-state index contributed by atoms with van der Waals surface area (Å²) in [7, 11) is -1.94. The first-order valence-electron chi connectivity index (χ1n) is 17.5. The molecule has 0 aliphatic carbocycles. The van der Waals surface area contributed by atoms with Crippen LogP contribution in [0.15, 0.2) is 59.6 Å². The molecule has 0 saturated carbocycles. The molecule has 3 aliphatic heterocycles. The van der Waals surface area contributed by atoms with Crippen LogP contribution in [0.3, 0.4) is 0 Å². The minimum atomic E-state index is -4.70. The van der Waals surface area contributed by atoms with Crippen molar-refractivity contribution in [3.63, 3.8) is 0 Å². The molecule has 1 N–H and O–H groups in total. The van der Waals surface area contributed by atoms with Crippen LogP contribution in [0.4, 0.5) is 10.5 Å². The second-order valence-electron chi connectivity index (χ2n) is 13.3. The first-order valence-corrected chi connectivity index (χ1v) is 18.9. The van der Waals surface area contributed by atoms with Crippen LogP contribution >= 0.6 is 0 Å². The number of nitriles is 1. The smallest absolute Gasteiger partial charge is 0.318 e. The highest BCUT2D eigenvalue weighted by Crippen LogP contribution is 2.50. The molecule has 0 radical (unpaired) electrons. The molecule has 276 valence electrons. The summed E-state index contributed by atoms with van der Waals surface area (Å²) in [6.07, 6.45) is 2.98. The Labute approximate surface area is 304 Å². The van der Waals surface area contributed by atoms with Crippen LogP contribution in [0.2, 0.25) is 0 Å². The van der Waals surface area contributed by atoms with Crippen molar-refractivity contribution in [1.29, 1.82) is 5.26 Å². The monoisotopic (exact) mass is 731 g/mol. The van der Waals surface area contributed by atoms with Crippen molar-refractivity contribution in [2.45, 2.75) is 56.1 Å². The molecule has 3 aromatic rings. The summed E-state index contributed by atoms with van der Waals surface area (Å²) >= 11 is 0. The molecule has 6 rings (SSSR count). The first kappa shape index (κ1) is 36.9. The molecule has 0 spiro atoms. The number of anilines is 1. The maximum absolute atomic E-state index is 15.2. The molecule has 14 nitrogen and oxygen atoms in total. The van der Waals surface area contributed by atoms with Gasteiger partial charge in [-0.1, -0.05) is 0 Å². The second-order valence-corrected chi connectivity index (χ2v) is 15.0. The third-order valence-corrected chi connectivity index (χ3v) is 12.0. The van der Waals surface area contributed by atoms with Gasteiger partial charge in [-0.2, -0.15) is 9.57 Å². The molecule has 1 unspecified atom stereocenters. The SMILES string of the molecule is CCOc1ncccc1C1(NC(=O)N2CCC(N3CCN(C(C)C)CC3)CC2)C(=O)N(S(=O)(=O)c2ccc(OC)cc2OC)c2ccc(C#N)cc21. The lowest BCUT2D eigenvalue weighted by Crippen LogP contribution is -2.60. The van der Waals surface area contributed by atoms with Crippen LogP contribution < -0.4 is 23.8 Å². The topological polar surface area (TPSA) is 158 Å². The molecule has 2 saturated heterocycles. The number of hydrogen-bond donors (Lipinski definition) is 1. The van der Waals surface area contributed by atoms with Gasteiger partial charge in [-0.05, 0) is 76.1 Å². The van der Waals surface area contributed by atoms with Crippen LogP contribution in [-0.2, 0) is 20.4 Å². The highest BCUT2D eigenvalue weighted by atomic mass is 32.2. The van der Waals surface area contributed by atoms with E-state index in [1.165, 1.54) is 56.8 Å². The predicted molar refractivity (Wildman–Crippen MR) is 193 cm³/mol. The number of likely N-dealkylation sites (tertiary alicyclic amines) is 1. The van der Waals surface area contributed by atoms with Crippen molar-refractivity contribution in [1.82, 2.24) is 25.0 Å². The Morgan fingerprint density at radius 1 is 1.02 bits per heavy atom. The minimum Gasteiger partial charge on any atom is -0.497 e.